The van der Waals surface area contributed by atoms with Gasteiger partial charge in [-0.3, -0.25) is 14.7 Å². The Balaban J connectivity index is 1.83. The average molecular weight is 420 g/mol. The molecule has 1 N–H and O–H groups in total. The minimum atomic E-state index is -0.306. The third-order valence-electron chi connectivity index (χ3n) is 6.05. The number of nitrogens with zero attached hydrogens (tertiary/aromatic N) is 3. The second-order valence-electron chi connectivity index (χ2n) is 8.11. The Bertz CT molecular complexity index is 1070. The van der Waals surface area contributed by atoms with Crippen molar-refractivity contribution in [1.82, 2.24) is 14.5 Å². The predicted molar refractivity (Wildman–Crippen MR) is 121 cm³/mol. The van der Waals surface area contributed by atoms with Crippen LogP contribution in [0.15, 0.2) is 59.7 Å². The summed E-state index contributed by atoms with van der Waals surface area (Å²) in [6.45, 7) is 4.06. The van der Waals surface area contributed by atoms with Crippen LogP contribution in [-0.2, 0) is 6.54 Å². The third kappa shape index (κ3) is 4.49. The van der Waals surface area contributed by atoms with E-state index in [0.29, 0.717) is 12.1 Å². The Morgan fingerprint density at radius 1 is 1.13 bits per heavy atom. The topological polar surface area (TPSA) is 67.6 Å². The van der Waals surface area contributed by atoms with E-state index in [1.165, 1.54) is 6.42 Å². The first-order valence-electron chi connectivity index (χ1n) is 10.8. The highest BCUT2D eigenvalue weighted by Crippen LogP contribution is 2.35. The van der Waals surface area contributed by atoms with Crippen molar-refractivity contribution in [3.63, 3.8) is 0 Å². The van der Waals surface area contributed by atoms with Crippen molar-refractivity contribution in [2.45, 2.75) is 38.8 Å². The Morgan fingerprint density at radius 3 is 2.52 bits per heavy atom. The van der Waals surface area contributed by atoms with E-state index in [4.69, 9.17) is 4.74 Å². The predicted octanol–water partition coefficient (Wildman–Crippen LogP) is 3.89. The van der Waals surface area contributed by atoms with Gasteiger partial charge >= 0.3 is 0 Å². The van der Waals surface area contributed by atoms with Gasteiger partial charge < -0.3 is 14.4 Å². The van der Waals surface area contributed by atoms with E-state index in [9.17, 15) is 9.90 Å². The lowest BCUT2D eigenvalue weighted by Gasteiger charge is -2.35. The van der Waals surface area contributed by atoms with Crippen LogP contribution in [0.5, 0.6) is 11.5 Å². The molecule has 1 aliphatic rings. The first-order valence-corrected chi connectivity index (χ1v) is 10.8. The molecule has 6 nitrogen and oxygen atoms in total. The van der Waals surface area contributed by atoms with Gasteiger partial charge in [0.1, 0.15) is 11.5 Å². The van der Waals surface area contributed by atoms with Crippen molar-refractivity contribution in [2.75, 3.05) is 20.2 Å². The fourth-order valence-electron chi connectivity index (χ4n) is 4.42. The number of aromatic nitrogens is 2. The molecule has 0 unspecified atom stereocenters. The van der Waals surface area contributed by atoms with Gasteiger partial charge in [0.15, 0.2) is 0 Å². The van der Waals surface area contributed by atoms with Gasteiger partial charge in [0.2, 0.25) is 0 Å². The zero-order valence-corrected chi connectivity index (χ0v) is 18.1. The number of aromatic hydroxyl groups is 1. The van der Waals surface area contributed by atoms with Gasteiger partial charge in [0.05, 0.1) is 25.3 Å². The van der Waals surface area contributed by atoms with Crippen LogP contribution in [0.1, 0.15) is 47.7 Å². The molecule has 1 atom stereocenters. The van der Waals surface area contributed by atoms with Crippen LogP contribution in [0.2, 0.25) is 0 Å². The molecular weight excluding hydrogens is 390 g/mol. The highest BCUT2D eigenvalue weighted by atomic mass is 16.5. The summed E-state index contributed by atoms with van der Waals surface area (Å²) in [6, 6.07) is 13.0. The van der Waals surface area contributed by atoms with Crippen LogP contribution < -0.4 is 10.3 Å². The summed E-state index contributed by atoms with van der Waals surface area (Å²) in [5.74, 6) is 0.819. The maximum atomic E-state index is 13.7. The van der Waals surface area contributed by atoms with Crippen LogP contribution in [0.25, 0.3) is 0 Å². The Hall–Kier alpha value is -3.12. The van der Waals surface area contributed by atoms with Crippen molar-refractivity contribution in [1.29, 1.82) is 0 Å². The average Bonchev–Trinajstić information content (AvgIpc) is 2.81. The maximum absolute atomic E-state index is 13.7. The van der Waals surface area contributed by atoms with E-state index in [1.54, 1.807) is 30.1 Å². The molecular formula is C25H29N3O3. The molecule has 2 aromatic heterocycles. The molecule has 0 spiro atoms. The molecule has 1 saturated heterocycles. The Kier molecular flexibility index (Phi) is 6.37. The smallest absolute Gasteiger partial charge is 0.259 e. The van der Waals surface area contributed by atoms with E-state index in [-0.39, 0.29) is 17.4 Å². The van der Waals surface area contributed by atoms with Crippen LogP contribution in [-0.4, -0.2) is 39.8 Å². The zero-order chi connectivity index (χ0) is 21.8. The molecule has 31 heavy (non-hydrogen) atoms. The summed E-state index contributed by atoms with van der Waals surface area (Å²) in [5.41, 5.74) is 2.92. The van der Waals surface area contributed by atoms with Crippen LogP contribution in [0, 0.1) is 6.92 Å². The van der Waals surface area contributed by atoms with Gasteiger partial charge in [-0.25, -0.2) is 0 Å². The first-order chi connectivity index (χ1) is 15.1. The van der Waals surface area contributed by atoms with Crippen molar-refractivity contribution in [2.24, 2.45) is 0 Å². The molecule has 0 aliphatic carbocycles. The summed E-state index contributed by atoms with van der Waals surface area (Å²) >= 11 is 0. The number of hydrogen-bond donors (Lipinski definition) is 1. The third-order valence-corrected chi connectivity index (χ3v) is 6.05. The lowest BCUT2D eigenvalue weighted by atomic mass is 9.94. The molecule has 162 valence electrons. The van der Waals surface area contributed by atoms with Crippen molar-refractivity contribution in [3.05, 3.63) is 87.6 Å². The summed E-state index contributed by atoms with van der Waals surface area (Å²) in [4.78, 5) is 20.2. The maximum Gasteiger partial charge on any atom is 0.259 e. The lowest BCUT2D eigenvalue weighted by molar-refractivity contribution is 0.183. The molecule has 6 heteroatoms. The van der Waals surface area contributed by atoms with Gasteiger partial charge in [-0.15, -0.1) is 0 Å². The van der Waals surface area contributed by atoms with E-state index in [2.05, 4.69) is 9.88 Å². The summed E-state index contributed by atoms with van der Waals surface area (Å²) in [7, 11) is 1.64. The number of benzene rings is 1. The number of rotatable bonds is 6. The molecule has 3 aromatic rings. The summed E-state index contributed by atoms with van der Waals surface area (Å²) < 4.78 is 7.04. The number of piperidine rings is 1. The molecule has 0 radical (unpaired) electrons. The van der Waals surface area contributed by atoms with Crippen LogP contribution in [0.3, 0.4) is 0 Å². The minimum Gasteiger partial charge on any atom is -0.507 e. The number of ether oxygens (including phenoxy) is 1. The van der Waals surface area contributed by atoms with Crippen molar-refractivity contribution < 1.29 is 9.84 Å². The fourth-order valence-corrected chi connectivity index (χ4v) is 4.42. The number of likely N-dealkylation sites (tertiary alicyclic amines) is 1. The van der Waals surface area contributed by atoms with Gasteiger partial charge in [0.25, 0.3) is 5.56 Å². The summed E-state index contributed by atoms with van der Waals surface area (Å²) in [6.07, 6.45) is 6.85. The number of hydrogen-bond acceptors (Lipinski definition) is 5. The SMILES string of the molecule is COc1ccc([C@@H](c2c(O)cc(C)n(Cc3cccnc3)c2=O)N2CCCCC2)cc1. The van der Waals surface area contributed by atoms with Crippen molar-refractivity contribution >= 4 is 0 Å². The van der Waals surface area contributed by atoms with Crippen LogP contribution >= 0.6 is 0 Å². The van der Waals surface area contributed by atoms with E-state index >= 15 is 0 Å². The van der Waals surface area contributed by atoms with Gasteiger partial charge in [0, 0.05) is 18.1 Å². The quantitative estimate of drug-likeness (QED) is 0.657. The number of methoxy groups -OCH3 is 1. The largest absolute Gasteiger partial charge is 0.507 e. The minimum absolute atomic E-state index is 0.0522. The monoisotopic (exact) mass is 419 g/mol. The molecule has 1 aliphatic heterocycles. The molecule has 1 aromatic carbocycles. The molecule has 4 rings (SSSR count). The van der Waals surface area contributed by atoms with Gasteiger partial charge in [-0.05, 0) is 68.2 Å². The molecule has 0 bridgehead atoms. The first kappa shape index (κ1) is 21.1. The fraction of sp³-hybridized carbons (Fsp3) is 0.360. The van der Waals surface area contributed by atoms with E-state index < -0.39 is 0 Å². The van der Waals surface area contributed by atoms with Gasteiger partial charge in [-0.2, -0.15) is 0 Å². The number of aryl methyl sites for hydroxylation is 1. The molecule has 1 fully saturated rings. The molecule has 0 amide bonds. The molecule has 3 heterocycles. The highest BCUT2D eigenvalue weighted by molar-refractivity contribution is 5.42. The van der Waals surface area contributed by atoms with E-state index in [1.807, 2.05) is 43.3 Å². The normalized spacial score (nSPS) is 15.5. The van der Waals surface area contributed by atoms with E-state index in [0.717, 1.165) is 48.5 Å². The second-order valence-corrected chi connectivity index (χ2v) is 8.11. The zero-order valence-electron chi connectivity index (χ0n) is 18.1. The Labute approximate surface area is 182 Å². The lowest BCUT2D eigenvalue weighted by Crippen LogP contribution is -2.38. The Morgan fingerprint density at radius 2 is 1.87 bits per heavy atom. The highest BCUT2D eigenvalue weighted by Gasteiger charge is 2.30. The standard InChI is InChI=1S/C25H29N3O3/c1-18-15-22(29)23(25(30)28(18)17-19-7-6-12-26-16-19)24(27-13-4-3-5-14-27)20-8-10-21(31-2)11-9-20/h6-12,15-16,24,29H,3-5,13-14,17H2,1-2H3/t24-/m0/s1. The van der Waals surface area contributed by atoms with Crippen LogP contribution in [0.4, 0.5) is 0 Å². The van der Waals surface area contributed by atoms with Gasteiger partial charge in [-0.1, -0.05) is 24.6 Å². The number of pyridine rings is 2. The summed E-state index contributed by atoms with van der Waals surface area (Å²) in [5, 5.41) is 10.9. The van der Waals surface area contributed by atoms with Crippen molar-refractivity contribution in [3.8, 4) is 11.5 Å². The second kappa shape index (κ2) is 9.35. The molecule has 0 saturated carbocycles.